The zero-order valence-corrected chi connectivity index (χ0v) is 13.8. The summed E-state index contributed by atoms with van der Waals surface area (Å²) in [4.78, 5) is 14.2. The van der Waals surface area contributed by atoms with Crippen molar-refractivity contribution in [3.63, 3.8) is 0 Å². The first-order valence-electron chi connectivity index (χ1n) is 7.58. The van der Waals surface area contributed by atoms with Crippen molar-refractivity contribution < 1.29 is 14.6 Å². The minimum atomic E-state index is -1.29. The highest BCUT2D eigenvalue weighted by atomic mass is 16.6. The molecule has 0 amide bonds. The molecule has 22 heavy (non-hydrogen) atoms. The van der Waals surface area contributed by atoms with Gasteiger partial charge in [-0.15, -0.1) is 0 Å². The zero-order chi connectivity index (χ0) is 16.6. The Morgan fingerprint density at radius 2 is 1.86 bits per heavy atom. The van der Waals surface area contributed by atoms with E-state index in [9.17, 15) is 9.90 Å². The first-order valence-corrected chi connectivity index (χ1v) is 7.58. The molecule has 0 heterocycles. The maximum atomic E-state index is 12.0. The van der Waals surface area contributed by atoms with Crippen LogP contribution in [0.15, 0.2) is 30.3 Å². The predicted molar refractivity (Wildman–Crippen MR) is 87.1 cm³/mol. The number of carbonyl (C=O) groups excluding carboxylic acids is 1. The fraction of sp³-hybridized carbons (Fsp3) is 0.500. The largest absolute Gasteiger partial charge is 0.444 e. The van der Waals surface area contributed by atoms with Gasteiger partial charge in [0.2, 0.25) is 0 Å². The fourth-order valence-electron chi connectivity index (χ4n) is 1.92. The average molecular weight is 303 g/mol. The fourth-order valence-corrected chi connectivity index (χ4v) is 1.92. The number of rotatable bonds is 6. The van der Waals surface area contributed by atoms with Crippen LogP contribution in [0.4, 0.5) is 0 Å². The molecule has 0 aliphatic rings. The molecule has 0 saturated carbocycles. The molecular weight excluding hydrogens is 278 g/mol. The lowest BCUT2D eigenvalue weighted by molar-refractivity contribution is -0.162. The summed E-state index contributed by atoms with van der Waals surface area (Å²) >= 11 is 0. The van der Waals surface area contributed by atoms with Crippen LogP contribution in [0.1, 0.15) is 39.4 Å². The van der Waals surface area contributed by atoms with Gasteiger partial charge in [-0.2, -0.15) is 0 Å². The number of aliphatic hydroxyl groups excluding tert-OH is 1. The minimum absolute atomic E-state index is 0.513. The third kappa shape index (κ3) is 5.88. The molecule has 0 fully saturated rings. The number of hydrogen-bond acceptors (Lipinski definition) is 4. The van der Waals surface area contributed by atoms with Crippen LogP contribution in [0.5, 0.6) is 0 Å². The Balaban J connectivity index is 2.64. The summed E-state index contributed by atoms with van der Waals surface area (Å²) in [6.07, 6.45) is -1.29. The third-order valence-corrected chi connectivity index (χ3v) is 3.28. The first-order chi connectivity index (χ1) is 10.4. The third-order valence-electron chi connectivity index (χ3n) is 3.28. The summed E-state index contributed by atoms with van der Waals surface area (Å²) in [5.74, 6) is 5.29. The normalized spacial score (nSPS) is 12.5. The molecule has 1 atom stereocenters. The smallest absolute Gasteiger partial charge is 0.341 e. The summed E-state index contributed by atoms with van der Waals surface area (Å²) < 4.78 is 5.32. The van der Waals surface area contributed by atoms with Crippen molar-refractivity contribution in [1.82, 2.24) is 4.90 Å². The molecule has 0 radical (unpaired) electrons. The lowest BCUT2D eigenvalue weighted by atomic mass is 10.1. The molecule has 1 unspecified atom stereocenters. The summed E-state index contributed by atoms with van der Waals surface area (Å²) in [6, 6.07) is 8.72. The van der Waals surface area contributed by atoms with Crippen LogP contribution in [-0.2, 0) is 9.53 Å². The monoisotopic (exact) mass is 303 g/mol. The Morgan fingerprint density at radius 3 is 2.41 bits per heavy atom. The lowest BCUT2D eigenvalue weighted by Gasteiger charge is -2.21. The SMILES string of the molecule is CCN(CC)CC#CC(C)(C)OC(=O)C(O)c1ccccc1. The van der Waals surface area contributed by atoms with Gasteiger partial charge < -0.3 is 9.84 Å². The summed E-state index contributed by atoms with van der Waals surface area (Å²) in [6.45, 7) is 10.1. The minimum Gasteiger partial charge on any atom is -0.444 e. The highest BCUT2D eigenvalue weighted by Crippen LogP contribution is 2.18. The molecule has 1 N–H and O–H groups in total. The van der Waals surface area contributed by atoms with E-state index >= 15 is 0 Å². The molecule has 1 rings (SSSR count). The van der Waals surface area contributed by atoms with Crippen LogP contribution in [0, 0.1) is 11.8 Å². The summed E-state index contributed by atoms with van der Waals surface area (Å²) in [5, 5.41) is 10.0. The molecule has 4 heteroatoms. The Hall–Kier alpha value is -1.83. The number of nitrogens with zero attached hydrogens (tertiary/aromatic N) is 1. The van der Waals surface area contributed by atoms with Gasteiger partial charge in [0.15, 0.2) is 11.7 Å². The van der Waals surface area contributed by atoms with Crippen LogP contribution >= 0.6 is 0 Å². The number of benzene rings is 1. The van der Waals surface area contributed by atoms with Crippen LogP contribution in [0.2, 0.25) is 0 Å². The molecule has 120 valence electrons. The van der Waals surface area contributed by atoms with E-state index < -0.39 is 17.7 Å². The van der Waals surface area contributed by atoms with Crippen molar-refractivity contribution in [2.24, 2.45) is 0 Å². The summed E-state index contributed by atoms with van der Waals surface area (Å²) in [5.41, 5.74) is -0.417. The van der Waals surface area contributed by atoms with E-state index in [-0.39, 0.29) is 0 Å². The molecule has 0 aliphatic carbocycles. The molecule has 0 saturated heterocycles. The molecule has 4 nitrogen and oxygen atoms in total. The van der Waals surface area contributed by atoms with Crippen LogP contribution in [0.25, 0.3) is 0 Å². The van der Waals surface area contributed by atoms with Crippen molar-refractivity contribution in [2.45, 2.75) is 39.4 Å². The number of hydrogen-bond donors (Lipinski definition) is 1. The highest BCUT2D eigenvalue weighted by Gasteiger charge is 2.26. The molecule has 1 aromatic carbocycles. The van der Waals surface area contributed by atoms with Gasteiger partial charge in [0.1, 0.15) is 0 Å². The van der Waals surface area contributed by atoms with E-state index in [0.717, 1.165) is 13.1 Å². The Bertz CT molecular complexity index is 524. The summed E-state index contributed by atoms with van der Waals surface area (Å²) in [7, 11) is 0. The molecule has 1 aromatic rings. The molecule has 0 aromatic heterocycles. The molecule has 0 aliphatic heterocycles. The van der Waals surface area contributed by atoms with E-state index in [1.165, 1.54) is 0 Å². The Kier molecular flexibility index (Phi) is 7.10. The molecule has 0 bridgehead atoms. The van der Waals surface area contributed by atoms with E-state index in [1.54, 1.807) is 38.1 Å². The van der Waals surface area contributed by atoms with E-state index in [4.69, 9.17) is 4.74 Å². The highest BCUT2D eigenvalue weighted by molar-refractivity contribution is 5.76. The second-order valence-electron chi connectivity index (χ2n) is 5.51. The zero-order valence-electron chi connectivity index (χ0n) is 13.8. The second-order valence-corrected chi connectivity index (χ2v) is 5.51. The van der Waals surface area contributed by atoms with Crippen LogP contribution < -0.4 is 0 Å². The van der Waals surface area contributed by atoms with Crippen molar-refractivity contribution in [2.75, 3.05) is 19.6 Å². The van der Waals surface area contributed by atoms with Gasteiger partial charge in [-0.3, -0.25) is 4.90 Å². The standard InChI is InChI=1S/C18H25NO3/c1-5-19(6-2)14-10-13-18(3,4)22-17(21)16(20)15-11-8-7-9-12-15/h7-9,11-12,16,20H,5-6,14H2,1-4H3. The topological polar surface area (TPSA) is 49.8 Å². The number of ether oxygens (including phenoxy) is 1. The van der Waals surface area contributed by atoms with Crippen molar-refractivity contribution in [1.29, 1.82) is 0 Å². The van der Waals surface area contributed by atoms with Gasteiger partial charge in [0.25, 0.3) is 0 Å². The van der Waals surface area contributed by atoms with Gasteiger partial charge >= 0.3 is 5.97 Å². The number of esters is 1. The quantitative estimate of drug-likeness (QED) is 0.647. The predicted octanol–water partition coefficient (Wildman–Crippen LogP) is 2.39. The molecular formula is C18H25NO3. The molecule has 0 spiro atoms. The number of aliphatic hydroxyl groups is 1. The van der Waals surface area contributed by atoms with Crippen LogP contribution in [-0.4, -0.2) is 41.2 Å². The van der Waals surface area contributed by atoms with Crippen LogP contribution in [0.3, 0.4) is 0 Å². The van der Waals surface area contributed by atoms with Gasteiger partial charge in [-0.1, -0.05) is 56.0 Å². The Morgan fingerprint density at radius 1 is 1.27 bits per heavy atom. The van der Waals surface area contributed by atoms with E-state index in [1.807, 2.05) is 6.07 Å². The number of carbonyl (C=O) groups is 1. The van der Waals surface area contributed by atoms with Crippen molar-refractivity contribution >= 4 is 5.97 Å². The van der Waals surface area contributed by atoms with E-state index in [2.05, 4.69) is 30.6 Å². The average Bonchev–Trinajstić information content (AvgIpc) is 2.51. The maximum absolute atomic E-state index is 12.0. The first kappa shape index (κ1) is 18.2. The maximum Gasteiger partial charge on any atom is 0.341 e. The Labute approximate surface area is 133 Å². The van der Waals surface area contributed by atoms with E-state index in [0.29, 0.717) is 12.1 Å². The van der Waals surface area contributed by atoms with Gasteiger partial charge in [0, 0.05) is 0 Å². The van der Waals surface area contributed by atoms with Crippen molar-refractivity contribution in [3.8, 4) is 11.8 Å². The van der Waals surface area contributed by atoms with Crippen molar-refractivity contribution in [3.05, 3.63) is 35.9 Å². The lowest BCUT2D eigenvalue weighted by Crippen LogP contribution is -2.30. The van der Waals surface area contributed by atoms with Gasteiger partial charge in [-0.05, 0) is 32.5 Å². The van der Waals surface area contributed by atoms with Gasteiger partial charge in [-0.25, -0.2) is 4.79 Å². The van der Waals surface area contributed by atoms with Gasteiger partial charge in [0.05, 0.1) is 6.54 Å². The second kappa shape index (κ2) is 8.57.